The van der Waals surface area contributed by atoms with Crippen molar-refractivity contribution in [3.8, 4) is 0 Å². The predicted molar refractivity (Wildman–Crippen MR) is 109 cm³/mol. The lowest BCUT2D eigenvalue weighted by molar-refractivity contribution is -0.123. The zero-order valence-electron chi connectivity index (χ0n) is 15.1. The third-order valence-electron chi connectivity index (χ3n) is 4.01. The standard InChI is InChI=1S/C19H22Cl2N2O3S/c1-13(8-9-15-6-4-3-5-7-15)22-19(24)14(2)23-27(25,26)18-12-16(20)10-11-17(18)21/h3-7,10-14,23H,8-9H2,1-2H3,(H,22,24)/t13-,14-/m1/s1. The van der Waals surface area contributed by atoms with Crippen LogP contribution in [0.4, 0.5) is 0 Å². The molecule has 2 aromatic carbocycles. The van der Waals surface area contributed by atoms with Gasteiger partial charge in [-0.2, -0.15) is 4.72 Å². The Morgan fingerprint density at radius 1 is 1.07 bits per heavy atom. The summed E-state index contributed by atoms with van der Waals surface area (Å²) in [7, 11) is -3.98. The summed E-state index contributed by atoms with van der Waals surface area (Å²) in [5, 5.41) is 3.10. The van der Waals surface area contributed by atoms with Gasteiger partial charge in [0.2, 0.25) is 15.9 Å². The van der Waals surface area contributed by atoms with Crippen molar-refractivity contribution in [3.63, 3.8) is 0 Å². The highest BCUT2D eigenvalue weighted by molar-refractivity contribution is 7.89. The topological polar surface area (TPSA) is 75.3 Å². The number of halogens is 2. The average Bonchev–Trinajstić information content (AvgIpc) is 2.62. The lowest BCUT2D eigenvalue weighted by Gasteiger charge is -2.19. The second-order valence-corrected chi connectivity index (χ2v) is 8.88. The van der Waals surface area contributed by atoms with Crippen LogP contribution < -0.4 is 10.0 Å². The molecule has 0 saturated carbocycles. The Labute approximate surface area is 170 Å². The van der Waals surface area contributed by atoms with E-state index >= 15 is 0 Å². The largest absolute Gasteiger partial charge is 0.352 e. The molecule has 0 aliphatic rings. The lowest BCUT2D eigenvalue weighted by Crippen LogP contribution is -2.47. The summed E-state index contributed by atoms with van der Waals surface area (Å²) >= 11 is 11.8. The number of benzene rings is 2. The van der Waals surface area contributed by atoms with Gasteiger partial charge in [-0.15, -0.1) is 0 Å². The van der Waals surface area contributed by atoms with Crippen LogP contribution in [0.1, 0.15) is 25.8 Å². The maximum absolute atomic E-state index is 12.5. The predicted octanol–water partition coefficient (Wildman–Crippen LogP) is 3.80. The van der Waals surface area contributed by atoms with Crippen molar-refractivity contribution >= 4 is 39.1 Å². The van der Waals surface area contributed by atoms with Crippen LogP contribution in [0.25, 0.3) is 0 Å². The van der Waals surface area contributed by atoms with Crippen LogP contribution in [0, 0.1) is 0 Å². The number of hydrogen-bond donors (Lipinski definition) is 2. The van der Waals surface area contributed by atoms with Gasteiger partial charge in [0.25, 0.3) is 0 Å². The Balaban J connectivity index is 1.93. The van der Waals surface area contributed by atoms with E-state index in [9.17, 15) is 13.2 Å². The molecule has 0 aliphatic carbocycles. The maximum Gasteiger partial charge on any atom is 0.242 e. The monoisotopic (exact) mass is 428 g/mol. The van der Waals surface area contributed by atoms with Crippen molar-refractivity contribution in [3.05, 3.63) is 64.1 Å². The normalized spacial score (nSPS) is 13.8. The molecule has 0 aliphatic heterocycles. The van der Waals surface area contributed by atoms with Crippen molar-refractivity contribution in [2.45, 2.75) is 43.7 Å². The zero-order chi connectivity index (χ0) is 20.0. The molecule has 5 nitrogen and oxygen atoms in total. The summed E-state index contributed by atoms with van der Waals surface area (Å²) < 4.78 is 27.3. The first-order valence-electron chi connectivity index (χ1n) is 8.50. The molecule has 0 fully saturated rings. The van der Waals surface area contributed by atoms with E-state index in [-0.39, 0.29) is 21.0 Å². The van der Waals surface area contributed by atoms with Crippen LogP contribution in [-0.4, -0.2) is 26.4 Å². The molecule has 2 rings (SSSR count). The molecule has 2 N–H and O–H groups in total. The summed E-state index contributed by atoms with van der Waals surface area (Å²) in [6, 6.07) is 13.0. The van der Waals surface area contributed by atoms with E-state index in [1.807, 2.05) is 37.3 Å². The van der Waals surface area contributed by atoms with Gasteiger partial charge in [-0.25, -0.2) is 8.42 Å². The first-order valence-corrected chi connectivity index (χ1v) is 10.7. The van der Waals surface area contributed by atoms with Crippen LogP contribution in [0.3, 0.4) is 0 Å². The Morgan fingerprint density at radius 2 is 1.74 bits per heavy atom. The third kappa shape index (κ3) is 6.50. The van der Waals surface area contributed by atoms with Crippen molar-refractivity contribution < 1.29 is 13.2 Å². The minimum absolute atomic E-state index is 0.0377. The number of rotatable bonds is 8. The third-order valence-corrected chi connectivity index (χ3v) is 6.26. The molecular weight excluding hydrogens is 407 g/mol. The van der Waals surface area contributed by atoms with Gasteiger partial charge >= 0.3 is 0 Å². The minimum Gasteiger partial charge on any atom is -0.352 e. The molecular formula is C19H22Cl2N2O3S. The molecule has 0 unspecified atom stereocenters. The number of carbonyl (C=O) groups is 1. The van der Waals surface area contributed by atoms with Crippen molar-refractivity contribution in [2.24, 2.45) is 0 Å². The van der Waals surface area contributed by atoms with Gasteiger partial charge in [0, 0.05) is 11.1 Å². The van der Waals surface area contributed by atoms with Crippen molar-refractivity contribution in [1.82, 2.24) is 10.0 Å². The smallest absolute Gasteiger partial charge is 0.242 e. The minimum atomic E-state index is -3.98. The van der Waals surface area contributed by atoms with Crippen LogP contribution in [-0.2, 0) is 21.2 Å². The number of sulfonamides is 1. The SMILES string of the molecule is C[C@H](CCc1ccccc1)NC(=O)[C@@H](C)NS(=O)(=O)c1cc(Cl)ccc1Cl. The molecule has 0 saturated heterocycles. The first-order chi connectivity index (χ1) is 12.7. The van der Waals surface area contributed by atoms with E-state index < -0.39 is 22.0 Å². The Bertz CT molecular complexity index is 889. The number of amides is 1. The molecule has 0 spiro atoms. The van der Waals surface area contributed by atoms with E-state index in [0.29, 0.717) is 0 Å². The van der Waals surface area contributed by atoms with Crippen LogP contribution in [0.5, 0.6) is 0 Å². The molecule has 8 heteroatoms. The van der Waals surface area contributed by atoms with Crippen molar-refractivity contribution in [1.29, 1.82) is 0 Å². The molecule has 0 bridgehead atoms. The molecule has 1 amide bonds. The highest BCUT2D eigenvalue weighted by Gasteiger charge is 2.25. The quantitative estimate of drug-likeness (QED) is 0.671. The van der Waals surface area contributed by atoms with E-state index in [1.165, 1.54) is 30.7 Å². The van der Waals surface area contributed by atoms with E-state index in [2.05, 4.69) is 10.0 Å². The fourth-order valence-corrected chi connectivity index (χ4v) is 4.47. The molecule has 146 valence electrons. The number of aryl methyl sites for hydroxylation is 1. The number of nitrogens with one attached hydrogen (secondary N) is 2. The van der Waals surface area contributed by atoms with E-state index in [4.69, 9.17) is 23.2 Å². The van der Waals surface area contributed by atoms with Gasteiger partial charge in [0.1, 0.15) is 4.90 Å². The summed E-state index contributed by atoms with van der Waals surface area (Å²) in [6.45, 7) is 3.37. The number of hydrogen-bond acceptors (Lipinski definition) is 3. The van der Waals surface area contributed by atoms with Crippen LogP contribution >= 0.6 is 23.2 Å². The Kier molecular flexibility index (Phi) is 7.68. The van der Waals surface area contributed by atoms with Gasteiger partial charge in [-0.1, -0.05) is 53.5 Å². The molecule has 2 aromatic rings. The van der Waals surface area contributed by atoms with Crippen LogP contribution in [0.2, 0.25) is 10.0 Å². The molecule has 2 atom stereocenters. The van der Waals surface area contributed by atoms with Gasteiger partial charge in [0.15, 0.2) is 0 Å². The Morgan fingerprint density at radius 3 is 2.41 bits per heavy atom. The lowest BCUT2D eigenvalue weighted by atomic mass is 10.1. The van der Waals surface area contributed by atoms with Crippen LogP contribution in [0.15, 0.2) is 53.4 Å². The molecule has 0 heterocycles. The molecule has 27 heavy (non-hydrogen) atoms. The molecule has 0 radical (unpaired) electrons. The van der Waals surface area contributed by atoms with Crippen molar-refractivity contribution in [2.75, 3.05) is 0 Å². The number of carbonyl (C=O) groups excluding carboxylic acids is 1. The highest BCUT2D eigenvalue weighted by Crippen LogP contribution is 2.25. The Hall–Kier alpha value is -1.60. The van der Waals surface area contributed by atoms with Gasteiger partial charge < -0.3 is 5.32 Å². The summed E-state index contributed by atoms with van der Waals surface area (Å²) in [4.78, 5) is 12.2. The fourth-order valence-electron chi connectivity index (χ4n) is 2.50. The first kappa shape index (κ1) is 21.7. The average molecular weight is 429 g/mol. The summed E-state index contributed by atoms with van der Waals surface area (Å²) in [5.74, 6) is -0.405. The van der Waals surface area contributed by atoms with E-state index in [0.717, 1.165) is 12.8 Å². The van der Waals surface area contributed by atoms with E-state index in [1.54, 1.807) is 0 Å². The molecule has 0 aromatic heterocycles. The van der Waals surface area contributed by atoms with Gasteiger partial charge in [-0.05, 0) is 50.5 Å². The highest BCUT2D eigenvalue weighted by atomic mass is 35.5. The fraction of sp³-hybridized carbons (Fsp3) is 0.316. The summed E-state index contributed by atoms with van der Waals surface area (Å²) in [6.07, 6.45) is 1.57. The summed E-state index contributed by atoms with van der Waals surface area (Å²) in [5.41, 5.74) is 1.18. The zero-order valence-corrected chi connectivity index (χ0v) is 17.4. The van der Waals surface area contributed by atoms with Gasteiger partial charge in [0.05, 0.1) is 11.1 Å². The second kappa shape index (κ2) is 9.55. The van der Waals surface area contributed by atoms with Gasteiger partial charge in [-0.3, -0.25) is 4.79 Å². The second-order valence-electron chi connectivity index (χ2n) is 6.35. The maximum atomic E-state index is 12.5.